The lowest BCUT2D eigenvalue weighted by Crippen LogP contribution is -2.37. The topological polar surface area (TPSA) is 55.6 Å². The molecule has 2 aromatic heterocycles. The summed E-state index contributed by atoms with van der Waals surface area (Å²) in [5.41, 5.74) is 0.944. The second-order valence-corrected chi connectivity index (χ2v) is 7.69. The van der Waals surface area contributed by atoms with Gasteiger partial charge >= 0.3 is 0 Å². The van der Waals surface area contributed by atoms with Crippen LogP contribution in [0.4, 0.5) is 5.13 Å². The molecular formula is C18H18N2O3S2. The Bertz CT molecular complexity index is 870. The van der Waals surface area contributed by atoms with Crippen LogP contribution in [0.25, 0.3) is 10.2 Å². The predicted molar refractivity (Wildman–Crippen MR) is 101 cm³/mol. The number of benzene rings is 1. The van der Waals surface area contributed by atoms with Gasteiger partial charge in [-0.05, 0) is 43.4 Å². The Morgan fingerprint density at radius 3 is 3.04 bits per heavy atom. The monoisotopic (exact) mass is 374 g/mol. The SMILES string of the molecule is CSc1cccc2sc(N(CC3CCCO3)C(=O)c3ccco3)nc12. The average Bonchev–Trinajstić information content (AvgIpc) is 3.39. The van der Waals surface area contributed by atoms with Crippen LogP contribution in [0.15, 0.2) is 45.9 Å². The zero-order valence-electron chi connectivity index (χ0n) is 13.8. The van der Waals surface area contributed by atoms with Gasteiger partial charge in [-0.1, -0.05) is 17.4 Å². The first-order valence-corrected chi connectivity index (χ1v) is 10.2. The van der Waals surface area contributed by atoms with E-state index >= 15 is 0 Å². The van der Waals surface area contributed by atoms with Crippen molar-refractivity contribution >= 4 is 44.4 Å². The number of anilines is 1. The second kappa shape index (κ2) is 7.19. The number of aromatic nitrogens is 1. The molecular weight excluding hydrogens is 356 g/mol. The number of para-hydroxylation sites is 1. The van der Waals surface area contributed by atoms with Gasteiger partial charge in [-0.3, -0.25) is 9.69 Å². The summed E-state index contributed by atoms with van der Waals surface area (Å²) in [6.07, 6.45) is 5.59. The Labute approximate surface area is 154 Å². The van der Waals surface area contributed by atoms with E-state index in [1.54, 1.807) is 28.8 Å². The number of rotatable bonds is 5. The summed E-state index contributed by atoms with van der Waals surface area (Å²) in [7, 11) is 0. The minimum Gasteiger partial charge on any atom is -0.459 e. The Balaban J connectivity index is 1.72. The predicted octanol–water partition coefficient (Wildman–Crippen LogP) is 4.44. The van der Waals surface area contributed by atoms with Crippen LogP contribution in [0.3, 0.4) is 0 Å². The van der Waals surface area contributed by atoms with Crippen LogP contribution in [0.1, 0.15) is 23.4 Å². The molecule has 1 amide bonds. The summed E-state index contributed by atoms with van der Waals surface area (Å²) < 4.78 is 12.1. The highest BCUT2D eigenvalue weighted by molar-refractivity contribution is 7.98. The molecule has 4 rings (SSSR count). The van der Waals surface area contributed by atoms with Crippen molar-refractivity contribution in [2.24, 2.45) is 0 Å². The first kappa shape index (κ1) is 16.6. The Morgan fingerprint density at radius 2 is 2.32 bits per heavy atom. The third-order valence-electron chi connectivity index (χ3n) is 4.21. The maximum Gasteiger partial charge on any atom is 0.295 e. The normalized spacial score (nSPS) is 17.2. The number of carbonyl (C=O) groups excluding carboxylic acids is 1. The fraction of sp³-hybridized carbons (Fsp3) is 0.333. The number of thiazole rings is 1. The number of hydrogen-bond donors (Lipinski definition) is 0. The van der Waals surface area contributed by atoms with E-state index in [2.05, 4.69) is 6.07 Å². The zero-order chi connectivity index (χ0) is 17.2. The molecule has 1 aliphatic rings. The van der Waals surface area contributed by atoms with E-state index in [1.165, 1.54) is 17.6 Å². The number of hydrogen-bond acceptors (Lipinski definition) is 6. The number of fused-ring (bicyclic) bond motifs is 1. The van der Waals surface area contributed by atoms with Gasteiger partial charge < -0.3 is 9.15 Å². The molecule has 0 N–H and O–H groups in total. The second-order valence-electron chi connectivity index (χ2n) is 5.83. The molecule has 1 aromatic carbocycles. The van der Waals surface area contributed by atoms with Crippen molar-refractivity contribution in [2.75, 3.05) is 24.3 Å². The van der Waals surface area contributed by atoms with E-state index in [0.717, 1.165) is 34.6 Å². The highest BCUT2D eigenvalue weighted by Crippen LogP contribution is 2.35. The third kappa shape index (κ3) is 3.31. The van der Waals surface area contributed by atoms with Gasteiger partial charge in [-0.2, -0.15) is 0 Å². The summed E-state index contributed by atoms with van der Waals surface area (Å²) in [5.74, 6) is 0.146. The van der Waals surface area contributed by atoms with Gasteiger partial charge in [0.25, 0.3) is 5.91 Å². The van der Waals surface area contributed by atoms with Gasteiger partial charge in [0, 0.05) is 11.5 Å². The third-order valence-corrected chi connectivity index (χ3v) is 6.02. The number of amides is 1. The number of carbonyl (C=O) groups is 1. The number of ether oxygens (including phenoxy) is 1. The van der Waals surface area contributed by atoms with Crippen LogP contribution in [0.5, 0.6) is 0 Å². The highest BCUT2D eigenvalue weighted by Gasteiger charge is 2.28. The minimum atomic E-state index is -0.176. The van der Waals surface area contributed by atoms with Crippen LogP contribution >= 0.6 is 23.1 Å². The summed E-state index contributed by atoms with van der Waals surface area (Å²) in [5, 5.41) is 0.688. The molecule has 7 heteroatoms. The molecule has 0 saturated carbocycles. The van der Waals surface area contributed by atoms with E-state index in [0.29, 0.717) is 17.4 Å². The van der Waals surface area contributed by atoms with Crippen LogP contribution in [-0.4, -0.2) is 36.4 Å². The lowest BCUT2D eigenvalue weighted by molar-refractivity contribution is 0.0895. The molecule has 25 heavy (non-hydrogen) atoms. The molecule has 1 atom stereocenters. The molecule has 1 aliphatic heterocycles. The fourth-order valence-electron chi connectivity index (χ4n) is 2.96. The molecule has 1 fully saturated rings. The maximum absolute atomic E-state index is 13.0. The summed E-state index contributed by atoms with van der Waals surface area (Å²) in [6, 6.07) is 9.52. The Morgan fingerprint density at radius 1 is 1.40 bits per heavy atom. The molecule has 0 bridgehead atoms. The van der Waals surface area contributed by atoms with E-state index in [4.69, 9.17) is 14.1 Å². The van der Waals surface area contributed by atoms with E-state index in [-0.39, 0.29) is 12.0 Å². The molecule has 0 radical (unpaired) electrons. The van der Waals surface area contributed by atoms with E-state index < -0.39 is 0 Å². The largest absolute Gasteiger partial charge is 0.459 e. The molecule has 0 spiro atoms. The molecule has 3 aromatic rings. The van der Waals surface area contributed by atoms with E-state index in [9.17, 15) is 4.79 Å². The number of furan rings is 1. The summed E-state index contributed by atoms with van der Waals surface area (Å²) in [6.45, 7) is 1.25. The van der Waals surface area contributed by atoms with Crippen molar-refractivity contribution in [2.45, 2.75) is 23.8 Å². The maximum atomic E-state index is 13.0. The van der Waals surface area contributed by atoms with Gasteiger partial charge in [-0.15, -0.1) is 11.8 Å². The Hall–Kier alpha value is -1.83. The van der Waals surface area contributed by atoms with Crippen molar-refractivity contribution in [3.63, 3.8) is 0 Å². The van der Waals surface area contributed by atoms with Gasteiger partial charge in [0.15, 0.2) is 10.9 Å². The van der Waals surface area contributed by atoms with Crippen molar-refractivity contribution in [1.82, 2.24) is 4.98 Å². The number of nitrogens with zero attached hydrogens (tertiary/aromatic N) is 2. The minimum absolute atomic E-state index is 0.0472. The van der Waals surface area contributed by atoms with Crippen LogP contribution < -0.4 is 4.90 Å². The Kier molecular flexibility index (Phi) is 4.78. The molecule has 5 nitrogen and oxygen atoms in total. The standard InChI is InChI=1S/C18H18N2O3S2/c1-24-14-7-2-8-15-16(14)19-18(25-15)20(11-12-5-3-9-22-12)17(21)13-6-4-10-23-13/h2,4,6-8,10,12H,3,5,9,11H2,1H3. The molecule has 1 saturated heterocycles. The van der Waals surface area contributed by atoms with Crippen molar-refractivity contribution in [3.05, 3.63) is 42.4 Å². The molecule has 3 heterocycles. The van der Waals surface area contributed by atoms with Crippen LogP contribution in [-0.2, 0) is 4.74 Å². The highest BCUT2D eigenvalue weighted by atomic mass is 32.2. The van der Waals surface area contributed by atoms with Gasteiger partial charge in [0.05, 0.1) is 29.1 Å². The first-order valence-electron chi connectivity index (χ1n) is 8.17. The van der Waals surface area contributed by atoms with Gasteiger partial charge in [-0.25, -0.2) is 4.98 Å². The smallest absolute Gasteiger partial charge is 0.295 e. The lowest BCUT2D eigenvalue weighted by Gasteiger charge is -2.22. The fourth-order valence-corrected chi connectivity index (χ4v) is 4.59. The number of thioether (sulfide) groups is 1. The quantitative estimate of drug-likeness (QED) is 0.618. The van der Waals surface area contributed by atoms with E-state index in [1.807, 2.05) is 18.4 Å². The first-order chi connectivity index (χ1) is 12.3. The van der Waals surface area contributed by atoms with Crippen LogP contribution in [0.2, 0.25) is 0 Å². The van der Waals surface area contributed by atoms with Crippen LogP contribution in [0, 0.1) is 0 Å². The van der Waals surface area contributed by atoms with Gasteiger partial charge in [0.1, 0.15) is 0 Å². The lowest BCUT2D eigenvalue weighted by atomic mass is 10.2. The summed E-state index contributed by atoms with van der Waals surface area (Å²) >= 11 is 3.19. The zero-order valence-corrected chi connectivity index (χ0v) is 15.4. The molecule has 130 valence electrons. The van der Waals surface area contributed by atoms with Crippen molar-refractivity contribution < 1.29 is 13.9 Å². The van der Waals surface area contributed by atoms with Crippen molar-refractivity contribution in [3.8, 4) is 0 Å². The molecule has 0 aliphatic carbocycles. The van der Waals surface area contributed by atoms with Gasteiger partial charge in [0.2, 0.25) is 0 Å². The average molecular weight is 374 g/mol. The van der Waals surface area contributed by atoms with Crippen molar-refractivity contribution in [1.29, 1.82) is 0 Å². The summed E-state index contributed by atoms with van der Waals surface area (Å²) in [4.78, 5) is 20.5. The molecule has 1 unspecified atom stereocenters.